The molecule has 6 rings (SSSR count). The van der Waals surface area contributed by atoms with Gasteiger partial charge in [-0.15, -0.1) is 5.10 Å². The van der Waals surface area contributed by atoms with E-state index in [-0.39, 0.29) is 29.0 Å². The lowest BCUT2D eigenvalue weighted by molar-refractivity contribution is -0.137. The number of hydrogen-bond acceptors (Lipinski definition) is 7. The number of anilines is 1. The van der Waals surface area contributed by atoms with E-state index in [9.17, 15) is 27.6 Å². The van der Waals surface area contributed by atoms with Crippen LogP contribution < -0.4 is 10.9 Å². The second-order valence-electron chi connectivity index (χ2n) is 14.0. The maximum absolute atomic E-state index is 14.4. The lowest BCUT2D eigenvalue weighted by Crippen LogP contribution is -2.51. The number of ether oxygens (including phenoxy) is 2. The third-order valence-corrected chi connectivity index (χ3v) is 9.50. The highest BCUT2D eigenvalue weighted by molar-refractivity contribution is 5.92. The van der Waals surface area contributed by atoms with E-state index in [1.165, 1.54) is 18.4 Å². The number of aromatic nitrogens is 4. The molecule has 258 valence electrons. The third-order valence-electron chi connectivity index (χ3n) is 9.50. The molecule has 2 amide bonds. The number of carbonyl (C=O) groups is 2. The molecule has 3 aliphatic rings. The minimum atomic E-state index is -4.51. The number of rotatable bonds is 4. The highest BCUT2D eigenvalue weighted by Crippen LogP contribution is 2.44. The van der Waals surface area contributed by atoms with Crippen LogP contribution in [-0.2, 0) is 38.8 Å². The van der Waals surface area contributed by atoms with Crippen LogP contribution in [0.5, 0.6) is 0 Å². The van der Waals surface area contributed by atoms with Gasteiger partial charge in [0.1, 0.15) is 12.1 Å². The molecule has 14 heteroatoms. The zero-order valence-electron chi connectivity index (χ0n) is 27.9. The van der Waals surface area contributed by atoms with E-state index in [0.29, 0.717) is 74.8 Å². The van der Waals surface area contributed by atoms with Gasteiger partial charge in [0.25, 0.3) is 5.56 Å². The van der Waals surface area contributed by atoms with Crippen LogP contribution in [-0.4, -0.2) is 68.0 Å². The van der Waals surface area contributed by atoms with E-state index >= 15 is 0 Å². The molecule has 1 N–H and O–H groups in total. The van der Waals surface area contributed by atoms with E-state index < -0.39 is 34.8 Å². The van der Waals surface area contributed by atoms with Crippen LogP contribution in [0.2, 0.25) is 0 Å². The lowest BCUT2D eigenvalue weighted by atomic mass is 9.66. The Kier molecular flexibility index (Phi) is 8.67. The highest BCUT2D eigenvalue weighted by Gasteiger charge is 2.45. The zero-order chi connectivity index (χ0) is 34.6. The number of carbonyl (C=O) groups excluding carboxylic acids is 2. The number of piperidine rings is 1. The van der Waals surface area contributed by atoms with Gasteiger partial charge in [-0.25, -0.2) is 4.79 Å². The van der Waals surface area contributed by atoms with Crippen molar-refractivity contribution in [3.05, 3.63) is 62.3 Å². The molecular weight excluding hydrogens is 629 g/mol. The van der Waals surface area contributed by atoms with Crippen molar-refractivity contribution in [3.8, 4) is 0 Å². The van der Waals surface area contributed by atoms with E-state index in [2.05, 4.69) is 10.4 Å². The Morgan fingerprint density at radius 3 is 2.35 bits per heavy atom. The number of hydrogen-bond donors (Lipinski definition) is 1. The van der Waals surface area contributed by atoms with Crippen molar-refractivity contribution in [2.45, 2.75) is 96.9 Å². The van der Waals surface area contributed by atoms with Gasteiger partial charge in [-0.3, -0.25) is 9.59 Å². The average molecular weight is 671 g/mol. The van der Waals surface area contributed by atoms with E-state index in [0.717, 1.165) is 30.5 Å². The van der Waals surface area contributed by atoms with E-state index in [1.807, 2.05) is 26.8 Å². The molecule has 3 aromatic rings. The summed E-state index contributed by atoms with van der Waals surface area (Å²) in [5, 5.41) is 7.47. The SMILES string of the molecule is Cc1cc(C(F)(F)F)cc(C)c1NC(=O)Cn1c2c(c(=O)n3nc(C4=CCOCC4)nc13)C1(CCC2)CCN(C(=O)OC(C)(C)C)CC1. The van der Waals surface area contributed by atoms with Crippen LogP contribution in [0.3, 0.4) is 0 Å². The van der Waals surface area contributed by atoms with Crippen molar-refractivity contribution in [1.29, 1.82) is 0 Å². The Morgan fingerprint density at radius 1 is 1.06 bits per heavy atom. The Labute approximate surface area is 276 Å². The van der Waals surface area contributed by atoms with Crippen molar-refractivity contribution in [3.63, 3.8) is 0 Å². The van der Waals surface area contributed by atoms with Gasteiger partial charge in [0.05, 0.1) is 18.8 Å². The summed E-state index contributed by atoms with van der Waals surface area (Å²) in [6.07, 6.45) is 0.663. The number of likely N-dealkylation sites (tertiary alicyclic amines) is 1. The summed E-state index contributed by atoms with van der Waals surface area (Å²) in [5.74, 6) is 0.137. The molecule has 0 bridgehead atoms. The molecule has 48 heavy (non-hydrogen) atoms. The fourth-order valence-corrected chi connectivity index (χ4v) is 7.23. The maximum Gasteiger partial charge on any atom is 0.416 e. The van der Waals surface area contributed by atoms with Gasteiger partial charge in [-0.2, -0.15) is 22.7 Å². The molecule has 1 aromatic carbocycles. The summed E-state index contributed by atoms with van der Waals surface area (Å²) in [6.45, 7) is 10.00. The predicted molar refractivity (Wildman–Crippen MR) is 172 cm³/mol. The molecule has 2 aliphatic heterocycles. The van der Waals surface area contributed by atoms with Crippen molar-refractivity contribution >= 4 is 29.0 Å². The van der Waals surface area contributed by atoms with Gasteiger partial charge >= 0.3 is 12.3 Å². The molecule has 1 spiro atoms. The second-order valence-corrected chi connectivity index (χ2v) is 14.0. The number of benzene rings is 1. The smallest absolute Gasteiger partial charge is 0.416 e. The summed E-state index contributed by atoms with van der Waals surface area (Å²) >= 11 is 0. The molecule has 2 aromatic heterocycles. The molecule has 4 heterocycles. The molecule has 11 nitrogen and oxygen atoms in total. The molecule has 0 unspecified atom stereocenters. The number of amides is 2. The first-order valence-electron chi connectivity index (χ1n) is 16.3. The Morgan fingerprint density at radius 2 is 1.75 bits per heavy atom. The quantitative estimate of drug-likeness (QED) is 0.385. The van der Waals surface area contributed by atoms with Crippen LogP contribution in [0, 0.1) is 13.8 Å². The lowest BCUT2D eigenvalue weighted by Gasteiger charge is -2.45. The number of fused-ring (bicyclic) bond motifs is 3. The summed E-state index contributed by atoms with van der Waals surface area (Å²) in [6, 6.07) is 2.03. The van der Waals surface area contributed by atoms with Gasteiger partial charge in [0.15, 0.2) is 5.82 Å². The number of nitrogens with zero attached hydrogens (tertiary/aromatic N) is 5. The fraction of sp³-hybridized carbons (Fsp3) is 0.559. The molecule has 1 aliphatic carbocycles. The Bertz CT molecular complexity index is 1840. The first-order chi connectivity index (χ1) is 22.6. The molecule has 0 radical (unpaired) electrons. The van der Waals surface area contributed by atoms with Crippen LogP contribution in [0.25, 0.3) is 11.4 Å². The second kappa shape index (κ2) is 12.4. The molecule has 0 saturated carbocycles. The molecule has 1 saturated heterocycles. The van der Waals surface area contributed by atoms with Crippen molar-refractivity contribution in [2.24, 2.45) is 0 Å². The van der Waals surface area contributed by atoms with Crippen LogP contribution in [0.4, 0.5) is 23.7 Å². The highest BCUT2D eigenvalue weighted by atomic mass is 19.4. The first kappa shape index (κ1) is 33.7. The largest absolute Gasteiger partial charge is 0.444 e. The van der Waals surface area contributed by atoms with Crippen LogP contribution in [0.1, 0.15) is 86.6 Å². The number of nitrogens with one attached hydrogen (secondary N) is 1. The normalized spacial score (nSPS) is 18.1. The van der Waals surface area contributed by atoms with E-state index in [1.54, 1.807) is 9.47 Å². The average Bonchev–Trinajstić information content (AvgIpc) is 3.46. The summed E-state index contributed by atoms with van der Waals surface area (Å²) in [4.78, 5) is 47.4. The standard InChI is InChI=1S/C34H41F3N6O5/c1-20-17-23(34(35,36)37)18-21(2)27(20)38-25(44)19-42-24-7-6-10-33(11-13-41(14-12-33)31(46)48-32(3,4)5)26(24)29(45)43-30(42)39-28(40-43)22-8-15-47-16-9-22/h8,17-18H,6-7,9-16,19H2,1-5H3,(H,38,44). The summed E-state index contributed by atoms with van der Waals surface area (Å²) < 4.78 is 54.3. The van der Waals surface area contributed by atoms with Gasteiger partial charge in [0, 0.05) is 35.4 Å². The minimum absolute atomic E-state index is 0.223. The summed E-state index contributed by atoms with van der Waals surface area (Å²) in [7, 11) is 0. The Balaban J connectivity index is 1.40. The van der Waals surface area contributed by atoms with Gasteiger partial charge in [-0.1, -0.05) is 6.08 Å². The zero-order valence-corrected chi connectivity index (χ0v) is 27.9. The monoisotopic (exact) mass is 670 g/mol. The first-order valence-corrected chi connectivity index (χ1v) is 16.3. The van der Waals surface area contributed by atoms with E-state index in [4.69, 9.17) is 14.5 Å². The van der Waals surface area contributed by atoms with Crippen molar-refractivity contribution in [2.75, 3.05) is 31.6 Å². The van der Waals surface area contributed by atoms with Crippen LogP contribution in [0.15, 0.2) is 23.0 Å². The number of alkyl halides is 3. The van der Waals surface area contributed by atoms with Gasteiger partial charge in [-0.05, 0) is 102 Å². The van der Waals surface area contributed by atoms with Gasteiger partial charge in [0.2, 0.25) is 11.7 Å². The maximum atomic E-state index is 14.4. The number of aryl methyl sites for hydroxylation is 2. The van der Waals surface area contributed by atoms with Crippen molar-refractivity contribution in [1.82, 2.24) is 24.1 Å². The molecule has 0 atom stereocenters. The van der Waals surface area contributed by atoms with Gasteiger partial charge < -0.3 is 24.3 Å². The topological polar surface area (TPSA) is 120 Å². The molecular formula is C34H41F3N6O5. The Hall–Kier alpha value is -4.20. The van der Waals surface area contributed by atoms with Crippen molar-refractivity contribution < 1.29 is 32.2 Å². The number of halogens is 3. The predicted octanol–water partition coefficient (Wildman–Crippen LogP) is 5.57. The third kappa shape index (κ3) is 6.46. The summed E-state index contributed by atoms with van der Waals surface area (Å²) in [5.41, 5.74) is 0.749. The molecule has 1 fully saturated rings. The minimum Gasteiger partial charge on any atom is -0.444 e. The fourth-order valence-electron chi connectivity index (χ4n) is 7.23. The van der Waals surface area contributed by atoms with Crippen LogP contribution >= 0.6 is 0 Å².